The number of rotatable bonds is 2. The second-order valence-corrected chi connectivity index (χ2v) is 7.67. The minimum Gasteiger partial charge on any atom is -0.390 e. The van der Waals surface area contributed by atoms with E-state index in [1.807, 2.05) is 0 Å². The molecule has 0 amide bonds. The molecular formula is C11H13BrO3S. The lowest BCUT2D eigenvalue weighted by atomic mass is 9.82. The van der Waals surface area contributed by atoms with Gasteiger partial charge in [-0.1, -0.05) is 15.9 Å². The Morgan fingerprint density at radius 1 is 1.31 bits per heavy atom. The number of hydrogen-bond donors (Lipinski definition) is 1. The van der Waals surface area contributed by atoms with Gasteiger partial charge in [0.25, 0.3) is 0 Å². The number of halogens is 1. The average Bonchev–Trinajstić information content (AvgIpc) is 2.14. The summed E-state index contributed by atoms with van der Waals surface area (Å²) in [5, 5.41) is 9.12. The molecule has 0 unspecified atom stereocenters. The second-order valence-electron chi connectivity index (χ2n) is 4.53. The molecule has 1 fully saturated rings. The Bertz CT molecular complexity index is 482. The van der Waals surface area contributed by atoms with Crippen LogP contribution in [0.5, 0.6) is 0 Å². The summed E-state index contributed by atoms with van der Waals surface area (Å²) in [6, 6.07) is 6.60. The predicted octanol–water partition coefficient (Wildman–Crippen LogP) is 2.14. The molecule has 5 heteroatoms. The molecule has 0 bridgehead atoms. The van der Waals surface area contributed by atoms with E-state index < -0.39 is 20.7 Å². The van der Waals surface area contributed by atoms with Crippen LogP contribution in [0.1, 0.15) is 19.8 Å². The first kappa shape index (κ1) is 12.1. The lowest BCUT2D eigenvalue weighted by Gasteiger charge is -2.40. The number of aliphatic hydroxyl groups is 1. The minimum absolute atomic E-state index is 0.325. The quantitative estimate of drug-likeness (QED) is 0.911. The molecule has 1 aromatic rings. The summed E-state index contributed by atoms with van der Waals surface area (Å²) in [6.07, 6.45) is 0.650. The van der Waals surface area contributed by atoms with Crippen LogP contribution in [0.3, 0.4) is 0 Å². The first-order chi connectivity index (χ1) is 7.31. The molecule has 88 valence electrons. The lowest BCUT2D eigenvalue weighted by Crippen LogP contribution is -2.48. The fraction of sp³-hybridized carbons (Fsp3) is 0.455. The van der Waals surface area contributed by atoms with Crippen molar-refractivity contribution >= 4 is 25.8 Å². The molecule has 0 spiro atoms. The van der Waals surface area contributed by atoms with Gasteiger partial charge >= 0.3 is 0 Å². The topological polar surface area (TPSA) is 54.4 Å². The normalized spacial score (nSPS) is 29.8. The molecule has 16 heavy (non-hydrogen) atoms. The van der Waals surface area contributed by atoms with E-state index in [0.29, 0.717) is 17.7 Å². The minimum atomic E-state index is -3.27. The second kappa shape index (κ2) is 3.82. The third-order valence-electron chi connectivity index (χ3n) is 2.92. The standard InChI is InChI=1S/C11H13BrO3S/c1-11(13)6-10(7-11)16(14,15)9-4-2-8(12)3-5-9/h2-5,10,13H,6-7H2,1H3. The Kier molecular flexibility index (Phi) is 2.88. The van der Waals surface area contributed by atoms with E-state index in [4.69, 9.17) is 0 Å². The number of sulfone groups is 1. The van der Waals surface area contributed by atoms with E-state index >= 15 is 0 Å². The Morgan fingerprint density at radius 3 is 2.25 bits per heavy atom. The predicted molar refractivity (Wildman–Crippen MR) is 65.0 cm³/mol. The molecule has 1 aliphatic carbocycles. The average molecular weight is 305 g/mol. The highest BCUT2D eigenvalue weighted by atomic mass is 79.9. The van der Waals surface area contributed by atoms with Gasteiger partial charge in [0.15, 0.2) is 9.84 Å². The fourth-order valence-corrected chi connectivity index (χ4v) is 4.28. The Balaban J connectivity index is 2.24. The van der Waals surface area contributed by atoms with E-state index in [9.17, 15) is 13.5 Å². The number of hydrogen-bond acceptors (Lipinski definition) is 3. The van der Waals surface area contributed by atoms with Crippen LogP contribution in [0.4, 0.5) is 0 Å². The summed E-state index contributed by atoms with van der Waals surface area (Å²) in [7, 11) is -3.27. The number of benzene rings is 1. The molecule has 1 N–H and O–H groups in total. The first-order valence-electron chi connectivity index (χ1n) is 5.03. The third kappa shape index (κ3) is 2.17. The summed E-state index contributed by atoms with van der Waals surface area (Å²) >= 11 is 3.26. The Labute approximate surface area is 104 Å². The maximum Gasteiger partial charge on any atom is 0.181 e. The summed E-state index contributed by atoms with van der Waals surface area (Å²) in [5.74, 6) is 0. The summed E-state index contributed by atoms with van der Waals surface area (Å²) in [4.78, 5) is 0.330. The Hall–Kier alpha value is -0.390. The van der Waals surface area contributed by atoms with Crippen molar-refractivity contribution in [3.05, 3.63) is 28.7 Å². The molecule has 0 aromatic heterocycles. The van der Waals surface area contributed by atoms with Gasteiger partial charge in [0.2, 0.25) is 0 Å². The van der Waals surface area contributed by atoms with E-state index in [1.54, 1.807) is 31.2 Å². The molecule has 0 radical (unpaired) electrons. The van der Waals surface area contributed by atoms with Gasteiger partial charge in [0.05, 0.1) is 15.7 Å². The first-order valence-corrected chi connectivity index (χ1v) is 7.37. The summed E-state index contributed by atoms with van der Waals surface area (Å²) in [6.45, 7) is 1.67. The van der Waals surface area contributed by atoms with Gasteiger partial charge in [0, 0.05) is 4.47 Å². The van der Waals surface area contributed by atoms with Gasteiger partial charge in [-0.15, -0.1) is 0 Å². The maximum atomic E-state index is 12.1. The van der Waals surface area contributed by atoms with Crippen LogP contribution < -0.4 is 0 Å². The molecule has 0 heterocycles. The summed E-state index contributed by atoms with van der Waals surface area (Å²) < 4.78 is 25.0. The van der Waals surface area contributed by atoms with Gasteiger partial charge < -0.3 is 5.11 Å². The monoisotopic (exact) mass is 304 g/mol. The van der Waals surface area contributed by atoms with Crippen molar-refractivity contribution in [3.63, 3.8) is 0 Å². The van der Waals surface area contributed by atoms with Crippen molar-refractivity contribution in [3.8, 4) is 0 Å². The largest absolute Gasteiger partial charge is 0.390 e. The van der Waals surface area contributed by atoms with Gasteiger partial charge in [-0.3, -0.25) is 0 Å². The highest BCUT2D eigenvalue weighted by molar-refractivity contribution is 9.10. The van der Waals surface area contributed by atoms with Crippen molar-refractivity contribution in [1.29, 1.82) is 0 Å². The van der Waals surface area contributed by atoms with E-state index in [-0.39, 0.29) is 0 Å². The van der Waals surface area contributed by atoms with Crippen LogP contribution >= 0.6 is 15.9 Å². The molecule has 1 aliphatic rings. The van der Waals surface area contributed by atoms with Gasteiger partial charge in [0.1, 0.15) is 0 Å². The van der Waals surface area contributed by atoms with Crippen LogP contribution in [-0.4, -0.2) is 24.4 Å². The van der Waals surface area contributed by atoms with Gasteiger partial charge in [-0.25, -0.2) is 8.42 Å². The van der Waals surface area contributed by atoms with E-state index in [1.165, 1.54) is 0 Å². The smallest absolute Gasteiger partial charge is 0.181 e. The maximum absolute atomic E-state index is 12.1. The SMILES string of the molecule is CC1(O)CC(S(=O)(=O)c2ccc(Br)cc2)C1. The molecule has 0 saturated heterocycles. The highest BCUT2D eigenvalue weighted by Crippen LogP contribution is 2.39. The van der Waals surface area contributed by atoms with Crippen molar-refractivity contribution in [1.82, 2.24) is 0 Å². The van der Waals surface area contributed by atoms with Crippen LogP contribution in [0.15, 0.2) is 33.6 Å². The van der Waals surface area contributed by atoms with Crippen molar-refractivity contribution in [2.45, 2.75) is 35.5 Å². The molecule has 1 saturated carbocycles. The highest BCUT2D eigenvalue weighted by Gasteiger charge is 2.46. The van der Waals surface area contributed by atoms with Gasteiger partial charge in [-0.2, -0.15) is 0 Å². The van der Waals surface area contributed by atoms with E-state index in [2.05, 4.69) is 15.9 Å². The fourth-order valence-electron chi connectivity index (χ4n) is 1.96. The zero-order valence-electron chi connectivity index (χ0n) is 8.85. The third-order valence-corrected chi connectivity index (χ3v) is 5.58. The molecular weight excluding hydrogens is 292 g/mol. The van der Waals surface area contributed by atoms with Gasteiger partial charge in [-0.05, 0) is 44.0 Å². The zero-order valence-corrected chi connectivity index (χ0v) is 11.3. The van der Waals surface area contributed by atoms with E-state index in [0.717, 1.165) is 4.47 Å². The molecule has 2 rings (SSSR count). The lowest BCUT2D eigenvalue weighted by molar-refractivity contribution is -0.0116. The molecule has 1 aromatic carbocycles. The molecule has 3 nitrogen and oxygen atoms in total. The Morgan fingerprint density at radius 2 is 1.81 bits per heavy atom. The van der Waals surface area contributed by atoms with Crippen LogP contribution in [0, 0.1) is 0 Å². The molecule has 0 aliphatic heterocycles. The van der Waals surface area contributed by atoms with Crippen molar-refractivity contribution in [2.75, 3.05) is 0 Å². The van der Waals surface area contributed by atoms with Crippen molar-refractivity contribution < 1.29 is 13.5 Å². The summed E-state index contributed by atoms with van der Waals surface area (Å²) in [5.41, 5.74) is -0.812. The molecule has 0 atom stereocenters. The zero-order chi connectivity index (χ0) is 12.0. The van der Waals surface area contributed by atoms with Crippen LogP contribution in [-0.2, 0) is 9.84 Å². The van der Waals surface area contributed by atoms with Crippen molar-refractivity contribution in [2.24, 2.45) is 0 Å². The van der Waals surface area contributed by atoms with Crippen LogP contribution in [0.2, 0.25) is 0 Å². The van der Waals surface area contributed by atoms with Crippen LogP contribution in [0.25, 0.3) is 0 Å².